The summed E-state index contributed by atoms with van der Waals surface area (Å²) in [5.74, 6) is 0.358. The molecule has 1 amide bonds. The SMILES string of the molecule is O=C(N1CCC(N2CCNCC2)C1)C1(c2ccc(Cl)cc2)CCCCC1. The second-order valence-electron chi connectivity index (χ2n) is 8.13. The Morgan fingerprint density at radius 3 is 2.42 bits per heavy atom. The molecule has 26 heavy (non-hydrogen) atoms. The average Bonchev–Trinajstić information content (AvgIpc) is 3.19. The maximum atomic E-state index is 13.7. The summed E-state index contributed by atoms with van der Waals surface area (Å²) in [6.45, 7) is 6.15. The largest absolute Gasteiger partial charge is 0.340 e. The van der Waals surface area contributed by atoms with E-state index in [1.165, 1.54) is 6.42 Å². The zero-order valence-electron chi connectivity index (χ0n) is 15.6. The minimum Gasteiger partial charge on any atom is -0.340 e. The van der Waals surface area contributed by atoms with Crippen molar-refractivity contribution < 1.29 is 4.79 Å². The topological polar surface area (TPSA) is 35.6 Å². The lowest BCUT2D eigenvalue weighted by Gasteiger charge is -2.40. The third-order valence-corrected chi connectivity index (χ3v) is 6.88. The molecule has 4 rings (SSSR count). The summed E-state index contributed by atoms with van der Waals surface area (Å²) in [5.41, 5.74) is 0.832. The molecule has 3 fully saturated rings. The Bertz CT molecular complexity index is 621. The number of nitrogens with zero attached hydrogens (tertiary/aromatic N) is 2. The quantitative estimate of drug-likeness (QED) is 0.882. The number of piperazine rings is 1. The fourth-order valence-corrected chi connectivity index (χ4v) is 5.25. The van der Waals surface area contributed by atoms with E-state index in [1.54, 1.807) is 0 Å². The van der Waals surface area contributed by atoms with Crippen LogP contribution in [-0.4, -0.2) is 61.0 Å². The first-order valence-corrected chi connectivity index (χ1v) is 10.6. The van der Waals surface area contributed by atoms with Crippen LogP contribution in [0.2, 0.25) is 5.02 Å². The van der Waals surface area contributed by atoms with Crippen LogP contribution in [0, 0.1) is 0 Å². The lowest BCUT2D eigenvalue weighted by Crippen LogP contribution is -2.51. The van der Waals surface area contributed by atoms with Crippen LogP contribution in [0.3, 0.4) is 0 Å². The van der Waals surface area contributed by atoms with Crippen LogP contribution in [0.15, 0.2) is 24.3 Å². The maximum Gasteiger partial charge on any atom is 0.233 e. The molecule has 4 nitrogen and oxygen atoms in total. The Morgan fingerprint density at radius 1 is 1.04 bits per heavy atom. The number of carbonyl (C=O) groups is 1. The third-order valence-electron chi connectivity index (χ3n) is 6.63. The van der Waals surface area contributed by atoms with E-state index in [0.717, 1.165) is 82.0 Å². The van der Waals surface area contributed by atoms with E-state index >= 15 is 0 Å². The van der Waals surface area contributed by atoms with E-state index in [-0.39, 0.29) is 5.41 Å². The number of rotatable bonds is 3. The van der Waals surface area contributed by atoms with Gasteiger partial charge in [-0.1, -0.05) is 43.0 Å². The van der Waals surface area contributed by atoms with Gasteiger partial charge in [-0.05, 0) is 37.0 Å². The molecule has 3 aliphatic rings. The van der Waals surface area contributed by atoms with Crippen LogP contribution in [-0.2, 0) is 10.2 Å². The van der Waals surface area contributed by atoms with E-state index in [4.69, 9.17) is 11.6 Å². The molecule has 1 saturated carbocycles. The molecule has 1 atom stereocenters. The van der Waals surface area contributed by atoms with Crippen molar-refractivity contribution in [2.45, 2.75) is 50.0 Å². The molecule has 2 heterocycles. The highest BCUT2D eigenvalue weighted by molar-refractivity contribution is 6.30. The van der Waals surface area contributed by atoms with Crippen LogP contribution in [0.4, 0.5) is 0 Å². The maximum absolute atomic E-state index is 13.7. The van der Waals surface area contributed by atoms with Gasteiger partial charge in [-0.15, -0.1) is 0 Å². The van der Waals surface area contributed by atoms with Crippen LogP contribution >= 0.6 is 11.6 Å². The normalized spacial score (nSPS) is 26.8. The van der Waals surface area contributed by atoms with Crippen LogP contribution in [0.1, 0.15) is 44.1 Å². The molecule has 0 bridgehead atoms. The zero-order chi connectivity index (χ0) is 18.0. The van der Waals surface area contributed by atoms with E-state index in [2.05, 4.69) is 27.2 Å². The molecule has 2 aliphatic heterocycles. The molecule has 1 aliphatic carbocycles. The minimum atomic E-state index is -0.332. The van der Waals surface area contributed by atoms with Gasteiger partial charge in [0, 0.05) is 50.3 Å². The first-order chi connectivity index (χ1) is 12.7. The average molecular weight is 376 g/mol. The van der Waals surface area contributed by atoms with Crippen molar-refractivity contribution in [2.75, 3.05) is 39.3 Å². The summed E-state index contributed by atoms with van der Waals surface area (Å²) in [7, 11) is 0. The number of amides is 1. The van der Waals surface area contributed by atoms with Gasteiger partial charge in [-0.3, -0.25) is 9.69 Å². The second kappa shape index (κ2) is 7.87. The van der Waals surface area contributed by atoms with Crippen LogP contribution < -0.4 is 5.32 Å². The Labute approximate surface area is 161 Å². The molecule has 0 radical (unpaired) electrons. The number of nitrogens with one attached hydrogen (secondary N) is 1. The first-order valence-electron chi connectivity index (χ1n) is 10.2. The smallest absolute Gasteiger partial charge is 0.233 e. The van der Waals surface area contributed by atoms with E-state index in [0.29, 0.717) is 11.9 Å². The van der Waals surface area contributed by atoms with Crippen molar-refractivity contribution in [1.29, 1.82) is 0 Å². The van der Waals surface area contributed by atoms with Gasteiger partial charge in [0.2, 0.25) is 5.91 Å². The van der Waals surface area contributed by atoms with Gasteiger partial charge in [0.25, 0.3) is 0 Å². The number of likely N-dealkylation sites (tertiary alicyclic amines) is 1. The van der Waals surface area contributed by atoms with Crippen molar-refractivity contribution in [3.8, 4) is 0 Å². The Morgan fingerprint density at radius 2 is 1.73 bits per heavy atom. The first kappa shape index (κ1) is 18.3. The lowest BCUT2D eigenvalue weighted by molar-refractivity contribution is -0.138. The summed E-state index contributed by atoms with van der Waals surface area (Å²) < 4.78 is 0. The minimum absolute atomic E-state index is 0.332. The fraction of sp³-hybridized carbons (Fsp3) is 0.667. The summed E-state index contributed by atoms with van der Waals surface area (Å²) in [4.78, 5) is 18.4. The molecule has 142 valence electrons. The zero-order valence-corrected chi connectivity index (χ0v) is 16.3. The molecule has 1 aromatic rings. The molecular formula is C21H30ClN3O. The third kappa shape index (κ3) is 3.51. The predicted octanol–water partition coefficient (Wildman–Crippen LogP) is 3.05. The fourth-order valence-electron chi connectivity index (χ4n) is 5.12. The van der Waals surface area contributed by atoms with E-state index < -0.39 is 0 Å². The van der Waals surface area contributed by atoms with Gasteiger partial charge in [-0.2, -0.15) is 0 Å². The standard InChI is InChI=1S/C21H30ClN3O/c22-18-6-4-17(5-7-18)21(9-2-1-3-10-21)20(26)25-13-8-19(16-25)24-14-11-23-12-15-24/h4-7,19,23H,1-3,8-16H2. The van der Waals surface area contributed by atoms with Crippen molar-refractivity contribution in [2.24, 2.45) is 0 Å². The van der Waals surface area contributed by atoms with Crippen molar-refractivity contribution in [3.63, 3.8) is 0 Å². The highest BCUT2D eigenvalue weighted by Gasteiger charge is 2.45. The van der Waals surface area contributed by atoms with E-state index in [9.17, 15) is 4.79 Å². The number of halogens is 1. The van der Waals surface area contributed by atoms with Crippen LogP contribution in [0.5, 0.6) is 0 Å². The van der Waals surface area contributed by atoms with Gasteiger partial charge >= 0.3 is 0 Å². The number of hydrogen-bond acceptors (Lipinski definition) is 3. The second-order valence-corrected chi connectivity index (χ2v) is 8.57. The highest BCUT2D eigenvalue weighted by atomic mass is 35.5. The highest BCUT2D eigenvalue weighted by Crippen LogP contribution is 2.42. The molecular weight excluding hydrogens is 346 g/mol. The van der Waals surface area contributed by atoms with Crippen molar-refractivity contribution >= 4 is 17.5 Å². The molecule has 0 spiro atoms. The summed E-state index contributed by atoms with van der Waals surface area (Å²) >= 11 is 6.10. The number of benzene rings is 1. The molecule has 1 aromatic carbocycles. The monoisotopic (exact) mass is 375 g/mol. The van der Waals surface area contributed by atoms with E-state index in [1.807, 2.05) is 12.1 Å². The lowest BCUT2D eigenvalue weighted by atomic mass is 9.68. The van der Waals surface area contributed by atoms with Gasteiger partial charge in [0.15, 0.2) is 0 Å². The summed E-state index contributed by atoms with van der Waals surface area (Å²) in [5, 5.41) is 4.17. The number of carbonyl (C=O) groups excluding carboxylic acids is 1. The van der Waals surface area contributed by atoms with Gasteiger partial charge in [0.1, 0.15) is 0 Å². The molecule has 0 aromatic heterocycles. The van der Waals surface area contributed by atoms with Crippen molar-refractivity contribution in [3.05, 3.63) is 34.9 Å². The molecule has 2 saturated heterocycles. The van der Waals surface area contributed by atoms with Gasteiger partial charge < -0.3 is 10.2 Å². The molecule has 1 N–H and O–H groups in total. The molecule has 5 heteroatoms. The van der Waals surface area contributed by atoms with Gasteiger partial charge in [-0.25, -0.2) is 0 Å². The molecule has 1 unspecified atom stereocenters. The van der Waals surface area contributed by atoms with Crippen LogP contribution in [0.25, 0.3) is 0 Å². The predicted molar refractivity (Wildman–Crippen MR) is 106 cm³/mol. The number of hydrogen-bond donors (Lipinski definition) is 1. The Kier molecular flexibility index (Phi) is 5.53. The summed E-state index contributed by atoms with van der Waals surface area (Å²) in [6, 6.07) is 8.57. The Balaban J connectivity index is 1.52. The summed E-state index contributed by atoms with van der Waals surface area (Å²) in [6.07, 6.45) is 6.59. The Hall–Kier alpha value is -1.10. The van der Waals surface area contributed by atoms with Crippen molar-refractivity contribution in [1.82, 2.24) is 15.1 Å². The van der Waals surface area contributed by atoms with Gasteiger partial charge in [0.05, 0.1) is 5.41 Å².